The summed E-state index contributed by atoms with van der Waals surface area (Å²) in [6, 6.07) is 1.47. The summed E-state index contributed by atoms with van der Waals surface area (Å²) < 4.78 is 0. The number of rotatable bonds is 3. The molecule has 0 spiro atoms. The van der Waals surface area contributed by atoms with Crippen molar-refractivity contribution in [3.05, 3.63) is 24.0 Å². The fourth-order valence-corrected chi connectivity index (χ4v) is 0.948. The van der Waals surface area contributed by atoms with Crippen LogP contribution in [0, 0.1) is 0 Å². The van der Waals surface area contributed by atoms with E-state index in [0.29, 0.717) is 12.1 Å². The Kier molecular flexibility index (Phi) is 3.17. The lowest BCUT2D eigenvalue weighted by atomic mass is 10.2. The van der Waals surface area contributed by atoms with Gasteiger partial charge in [0.2, 0.25) is 5.91 Å². The molecule has 1 heterocycles. The summed E-state index contributed by atoms with van der Waals surface area (Å²) in [5.41, 5.74) is 5.73. The zero-order chi connectivity index (χ0) is 10.6. The predicted molar refractivity (Wildman–Crippen MR) is 51.7 cm³/mol. The Hall–Kier alpha value is -1.91. The second kappa shape index (κ2) is 4.36. The fraction of sp³-hybridized carbons (Fsp3) is 0.222. The van der Waals surface area contributed by atoms with Gasteiger partial charge in [-0.25, -0.2) is 0 Å². The van der Waals surface area contributed by atoms with Gasteiger partial charge >= 0.3 is 0 Å². The summed E-state index contributed by atoms with van der Waals surface area (Å²) in [5.74, 6) is -0.765. The Morgan fingerprint density at radius 3 is 2.86 bits per heavy atom. The van der Waals surface area contributed by atoms with Gasteiger partial charge in [0, 0.05) is 12.6 Å². The number of amides is 2. The standard InChI is InChI=1S/C9H11N3O2/c1-2-8(13)12-7-5-11-4-3-6(7)9(10)14/h3-5H,2H2,1H3,(H2,10,14)(H,12,13). The van der Waals surface area contributed by atoms with E-state index in [9.17, 15) is 9.59 Å². The summed E-state index contributed by atoms with van der Waals surface area (Å²) in [4.78, 5) is 25.8. The van der Waals surface area contributed by atoms with Crippen LogP contribution in [0.1, 0.15) is 23.7 Å². The molecule has 0 saturated heterocycles. The van der Waals surface area contributed by atoms with Crippen LogP contribution < -0.4 is 11.1 Å². The number of primary amides is 1. The van der Waals surface area contributed by atoms with E-state index in [1.165, 1.54) is 18.5 Å². The van der Waals surface area contributed by atoms with Crippen molar-refractivity contribution in [3.8, 4) is 0 Å². The SMILES string of the molecule is CCC(=O)Nc1cnccc1C(N)=O. The molecule has 0 aliphatic heterocycles. The van der Waals surface area contributed by atoms with Gasteiger partial charge in [0.25, 0.3) is 5.91 Å². The zero-order valence-electron chi connectivity index (χ0n) is 7.78. The monoisotopic (exact) mass is 193 g/mol. The van der Waals surface area contributed by atoms with Crippen molar-refractivity contribution in [2.75, 3.05) is 5.32 Å². The number of anilines is 1. The highest BCUT2D eigenvalue weighted by atomic mass is 16.2. The lowest BCUT2D eigenvalue weighted by Crippen LogP contribution is -2.17. The summed E-state index contributed by atoms with van der Waals surface area (Å²) in [7, 11) is 0. The van der Waals surface area contributed by atoms with Crippen LogP contribution in [0.5, 0.6) is 0 Å². The van der Waals surface area contributed by atoms with Crippen molar-refractivity contribution >= 4 is 17.5 Å². The first-order valence-electron chi connectivity index (χ1n) is 4.18. The Morgan fingerprint density at radius 2 is 2.29 bits per heavy atom. The quantitative estimate of drug-likeness (QED) is 0.734. The second-order valence-corrected chi connectivity index (χ2v) is 2.69. The molecule has 0 unspecified atom stereocenters. The minimum Gasteiger partial charge on any atom is -0.366 e. The lowest BCUT2D eigenvalue weighted by molar-refractivity contribution is -0.115. The molecule has 2 amide bonds. The number of nitrogens with zero attached hydrogens (tertiary/aromatic N) is 1. The van der Waals surface area contributed by atoms with Gasteiger partial charge in [0.15, 0.2) is 0 Å². The van der Waals surface area contributed by atoms with Gasteiger partial charge in [0.1, 0.15) is 0 Å². The van der Waals surface area contributed by atoms with E-state index in [2.05, 4.69) is 10.3 Å². The molecule has 1 aromatic rings. The van der Waals surface area contributed by atoms with Crippen LogP contribution in [-0.2, 0) is 4.79 Å². The number of hydrogen-bond acceptors (Lipinski definition) is 3. The average Bonchev–Trinajstić information content (AvgIpc) is 2.18. The molecule has 0 aliphatic carbocycles. The average molecular weight is 193 g/mol. The molecule has 0 aliphatic rings. The van der Waals surface area contributed by atoms with Gasteiger partial charge in [-0.15, -0.1) is 0 Å². The molecule has 14 heavy (non-hydrogen) atoms. The van der Waals surface area contributed by atoms with Crippen molar-refractivity contribution < 1.29 is 9.59 Å². The van der Waals surface area contributed by atoms with Gasteiger partial charge in [-0.05, 0) is 6.07 Å². The van der Waals surface area contributed by atoms with E-state index < -0.39 is 5.91 Å². The Balaban J connectivity index is 2.95. The van der Waals surface area contributed by atoms with E-state index in [1.807, 2.05) is 0 Å². The molecule has 74 valence electrons. The van der Waals surface area contributed by atoms with Crippen molar-refractivity contribution in [2.24, 2.45) is 5.73 Å². The summed E-state index contributed by atoms with van der Waals surface area (Å²) in [6.45, 7) is 1.72. The first kappa shape index (κ1) is 10.2. The maximum absolute atomic E-state index is 11.1. The smallest absolute Gasteiger partial charge is 0.250 e. The molecule has 0 atom stereocenters. The van der Waals surface area contributed by atoms with E-state index in [4.69, 9.17) is 5.73 Å². The molecule has 5 heteroatoms. The van der Waals surface area contributed by atoms with Crippen molar-refractivity contribution in [1.29, 1.82) is 0 Å². The number of pyridine rings is 1. The van der Waals surface area contributed by atoms with E-state index >= 15 is 0 Å². The summed E-state index contributed by atoms with van der Waals surface area (Å²) >= 11 is 0. The third-order valence-corrected chi connectivity index (χ3v) is 1.68. The van der Waals surface area contributed by atoms with Crippen LogP contribution in [0.2, 0.25) is 0 Å². The summed E-state index contributed by atoms with van der Waals surface area (Å²) in [5, 5.41) is 2.54. The minimum absolute atomic E-state index is 0.180. The zero-order valence-corrected chi connectivity index (χ0v) is 7.78. The maximum Gasteiger partial charge on any atom is 0.250 e. The minimum atomic E-state index is -0.584. The fourth-order valence-electron chi connectivity index (χ4n) is 0.948. The number of nitrogens with one attached hydrogen (secondary N) is 1. The van der Waals surface area contributed by atoms with Crippen molar-refractivity contribution in [2.45, 2.75) is 13.3 Å². The van der Waals surface area contributed by atoms with Crippen LogP contribution in [0.4, 0.5) is 5.69 Å². The van der Waals surface area contributed by atoms with E-state index in [-0.39, 0.29) is 11.5 Å². The van der Waals surface area contributed by atoms with Crippen LogP contribution in [0.3, 0.4) is 0 Å². The van der Waals surface area contributed by atoms with Crippen LogP contribution in [0.15, 0.2) is 18.5 Å². The molecule has 0 aromatic carbocycles. The number of nitrogens with two attached hydrogens (primary N) is 1. The van der Waals surface area contributed by atoms with Crippen molar-refractivity contribution in [1.82, 2.24) is 4.98 Å². The third-order valence-electron chi connectivity index (χ3n) is 1.68. The topological polar surface area (TPSA) is 85.1 Å². The number of hydrogen-bond donors (Lipinski definition) is 2. The highest BCUT2D eigenvalue weighted by Gasteiger charge is 2.09. The first-order valence-corrected chi connectivity index (χ1v) is 4.18. The maximum atomic E-state index is 11.1. The van der Waals surface area contributed by atoms with Crippen LogP contribution in [0.25, 0.3) is 0 Å². The Bertz CT molecular complexity index is 363. The molecule has 3 N–H and O–H groups in total. The molecule has 0 fully saturated rings. The molecule has 0 bridgehead atoms. The highest BCUT2D eigenvalue weighted by Crippen LogP contribution is 2.12. The van der Waals surface area contributed by atoms with Crippen molar-refractivity contribution in [3.63, 3.8) is 0 Å². The molecule has 1 aromatic heterocycles. The second-order valence-electron chi connectivity index (χ2n) is 2.69. The van der Waals surface area contributed by atoms with Gasteiger partial charge < -0.3 is 11.1 Å². The first-order chi connectivity index (χ1) is 6.65. The Labute approximate surface area is 81.3 Å². The molecule has 0 radical (unpaired) electrons. The van der Waals surface area contributed by atoms with E-state index in [0.717, 1.165) is 0 Å². The third kappa shape index (κ3) is 2.29. The molecular formula is C9H11N3O2. The number of carbonyl (C=O) groups excluding carboxylic acids is 2. The number of aromatic nitrogens is 1. The molecular weight excluding hydrogens is 182 g/mol. The van der Waals surface area contributed by atoms with Gasteiger partial charge in [-0.2, -0.15) is 0 Å². The van der Waals surface area contributed by atoms with Gasteiger partial charge in [0.05, 0.1) is 17.4 Å². The van der Waals surface area contributed by atoms with Gasteiger partial charge in [-0.1, -0.05) is 6.92 Å². The van der Waals surface area contributed by atoms with Gasteiger partial charge in [-0.3, -0.25) is 14.6 Å². The molecule has 5 nitrogen and oxygen atoms in total. The van der Waals surface area contributed by atoms with Crippen LogP contribution in [-0.4, -0.2) is 16.8 Å². The van der Waals surface area contributed by atoms with Crippen LogP contribution >= 0.6 is 0 Å². The number of carbonyl (C=O) groups is 2. The van der Waals surface area contributed by atoms with E-state index in [1.54, 1.807) is 6.92 Å². The predicted octanol–water partition coefficient (Wildman–Crippen LogP) is 0.529. The summed E-state index contributed by atoms with van der Waals surface area (Å²) in [6.07, 6.45) is 3.18. The highest BCUT2D eigenvalue weighted by molar-refractivity contribution is 6.02. The Morgan fingerprint density at radius 1 is 1.57 bits per heavy atom. The largest absolute Gasteiger partial charge is 0.366 e. The molecule has 1 rings (SSSR count). The molecule has 0 saturated carbocycles. The normalized spacial score (nSPS) is 9.50. The lowest BCUT2D eigenvalue weighted by Gasteiger charge is -2.06.